The van der Waals surface area contributed by atoms with E-state index in [9.17, 15) is 4.39 Å². The Kier molecular flexibility index (Phi) is 2.32. The van der Waals surface area contributed by atoms with Gasteiger partial charge in [0.1, 0.15) is 5.82 Å². The Morgan fingerprint density at radius 3 is 2.77 bits per heavy atom. The molecular weight excluding hydrogens is 167 g/mol. The number of halogens is 1. The molecule has 0 heterocycles. The number of rotatable bonds is 2. The maximum atomic E-state index is 12.8. The molecule has 0 saturated heterocycles. The van der Waals surface area contributed by atoms with Gasteiger partial charge in [0.2, 0.25) is 0 Å². The minimum atomic E-state index is -0.162. The minimum Gasteiger partial charge on any atom is -0.396 e. The van der Waals surface area contributed by atoms with E-state index < -0.39 is 0 Å². The van der Waals surface area contributed by atoms with E-state index in [1.165, 1.54) is 6.07 Å². The van der Waals surface area contributed by atoms with Gasteiger partial charge in [-0.25, -0.2) is 4.39 Å². The van der Waals surface area contributed by atoms with Gasteiger partial charge in [0, 0.05) is 6.61 Å². The molecule has 0 atom stereocenters. The third-order valence-electron chi connectivity index (χ3n) is 2.81. The molecule has 1 aliphatic carbocycles. The lowest BCUT2D eigenvalue weighted by Gasteiger charge is -2.34. The van der Waals surface area contributed by atoms with Gasteiger partial charge < -0.3 is 5.11 Å². The fourth-order valence-electron chi connectivity index (χ4n) is 1.92. The van der Waals surface area contributed by atoms with E-state index in [1.807, 2.05) is 6.07 Å². The predicted octanol–water partition coefficient (Wildman–Crippen LogP) is 2.31. The van der Waals surface area contributed by atoms with E-state index >= 15 is 0 Å². The summed E-state index contributed by atoms with van der Waals surface area (Å²) in [6, 6.07) is 6.77. The summed E-state index contributed by atoms with van der Waals surface area (Å²) < 4.78 is 12.8. The summed E-state index contributed by atoms with van der Waals surface area (Å²) >= 11 is 0. The molecule has 1 aromatic carbocycles. The lowest BCUT2D eigenvalue weighted by atomic mass is 9.72. The molecule has 13 heavy (non-hydrogen) atoms. The van der Waals surface area contributed by atoms with Crippen molar-refractivity contribution in [2.45, 2.75) is 18.8 Å². The first kappa shape index (κ1) is 8.70. The highest BCUT2D eigenvalue weighted by Crippen LogP contribution is 2.41. The van der Waals surface area contributed by atoms with Gasteiger partial charge in [-0.3, -0.25) is 0 Å². The van der Waals surface area contributed by atoms with Crippen LogP contribution in [0, 0.1) is 11.7 Å². The van der Waals surface area contributed by atoms with Crippen LogP contribution in [0.25, 0.3) is 0 Å². The van der Waals surface area contributed by atoms with Crippen LogP contribution in [0.15, 0.2) is 24.3 Å². The van der Waals surface area contributed by atoms with Crippen molar-refractivity contribution in [2.75, 3.05) is 6.61 Å². The smallest absolute Gasteiger partial charge is 0.123 e. The SMILES string of the molecule is OCC1CC(c2cccc(F)c2)C1. The molecule has 0 aliphatic heterocycles. The predicted molar refractivity (Wildman–Crippen MR) is 49.0 cm³/mol. The summed E-state index contributed by atoms with van der Waals surface area (Å²) in [4.78, 5) is 0. The van der Waals surface area contributed by atoms with Crippen LogP contribution >= 0.6 is 0 Å². The lowest BCUT2D eigenvalue weighted by molar-refractivity contribution is 0.142. The molecule has 70 valence electrons. The summed E-state index contributed by atoms with van der Waals surface area (Å²) in [5, 5.41) is 8.83. The molecule has 0 bridgehead atoms. The van der Waals surface area contributed by atoms with Crippen LogP contribution < -0.4 is 0 Å². The standard InChI is InChI=1S/C11H13FO/c12-11-3-1-2-9(6-11)10-4-8(5-10)7-13/h1-3,6,8,10,13H,4-5,7H2. The van der Waals surface area contributed by atoms with E-state index in [2.05, 4.69) is 0 Å². The van der Waals surface area contributed by atoms with Crippen molar-refractivity contribution in [3.8, 4) is 0 Å². The second kappa shape index (κ2) is 3.46. The van der Waals surface area contributed by atoms with Gasteiger partial charge >= 0.3 is 0 Å². The molecule has 0 amide bonds. The number of aliphatic hydroxyl groups excluding tert-OH is 1. The van der Waals surface area contributed by atoms with Crippen LogP contribution in [0.4, 0.5) is 4.39 Å². The normalized spacial score (nSPS) is 26.9. The quantitative estimate of drug-likeness (QED) is 0.740. The Morgan fingerprint density at radius 2 is 2.15 bits per heavy atom. The van der Waals surface area contributed by atoms with Crippen molar-refractivity contribution in [2.24, 2.45) is 5.92 Å². The Bertz CT molecular complexity index is 292. The Balaban J connectivity index is 2.03. The summed E-state index contributed by atoms with van der Waals surface area (Å²) in [7, 11) is 0. The molecule has 2 heteroatoms. The maximum absolute atomic E-state index is 12.8. The van der Waals surface area contributed by atoms with Gasteiger partial charge in [-0.2, -0.15) is 0 Å². The van der Waals surface area contributed by atoms with Gasteiger partial charge in [-0.15, -0.1) is 0 Å². The molecule has 1 fully saturated rings. The van der Waals surface area contributed by atoms with Gasteiger partial charge in [0.25, 0.3) is 0 Å². The monoisotopic (exact) mass is 180 g/mol. The zero-order chi connectivity index (χ0) is 9.26. The van der Waals surface area contributed by atoms with Gasteiger partial charge in [0.05, 0.1) is 0 Å². The molecule has 1 N–H and O–H groups in total. The fraction of sp³-hybridized carbons (Fsp3) is 0.455. The number of aliphatic hydroxyl groups is 1. The molecule has 0 radical (unpaired) electrons. The molecule has 2 rings (SSSR count). The highest BCUT2D eigenvalue weighted by molar-refractivity contribution is 5.22. The second-order valence-electron chi connectivity index (χ2n) is 3.77. The third-order valence-corrected chi connectivity index (χ3v) is 2.81. The average Bonchev–Trinajstić information content (AvgIpc) is 2.02. The maximum Gasteiger partial charge on any atom is 0.123 e. The second-order valence-corrected chi connectivity index (χ2v) is 3.77. The number of benzene rings is 1. The number of hydrogen-bond donors (Lipinski definition) is 1. The lowest BCUT2D eigenvalue weighted by Crippen LogP contribution is -2.24. The highest BCUT2D eigenvalue weighted by atomic mass is 19.1. The van der Waals surface area contributed by atoms with E-state index in [-0.39, 0.29) is 12.4 Å². The third kappa shape index (κ3) is 1.73. The van der Waals surface area contributed by atoms with Crippen LogP contribution in [-0.4, -0.2) is 11.7 Å². The molecule has 0 spiro atoms. The Labute approximate surface area is 77.2 Å². The van der Waals surface area contributed by atoms with Crippen molar-refractivity contribution in [1.82, 2.24) is 0 Å². The fourth-order valence-corrected chi connectivity index (χ4v) is 1.92. The zero-order valence-corrected chi connectivity index (χ0v) is 7.41. The van der Waals surface area contributed by atoms with Crippen LogP contribution in [0.3, 0.4) is 0 Å². The van der Waals surface area contributed by atoms with Crippen LogP contribution in [0.1, 0.15) is 24.3 Å². The van der Waals surface area contributed by atoms with Gasteiger partial charge in [-0.1, -0.05) is 12.1 Å². The zero-order valence-electron chi connectivity index (χ0n) is 7.41. The van der Waals surface area contributed by atoms with Crippen molar-refractivity contribution in [1.29, 1.82) is 0 Å². The minimum absolute atomic E-state index is 0.162. The largest absolute Gasteiger partial charge is 0.396 e. The van der Waals surface area contributed by atoms with Crippen molar-refractivity contribution < 1.29 is 9.50 Å². The average molecular weight is 180 g/mol. The van der Waals surface area contributed by atoms with Crippen molar-refractivity contribution in [3.63, 3.8) is 0 Å². The molecule has 1 aromatic rings. The molecule has 1 nitrogen and oxygen atoms in total. The molecule has 1 saturated carbocycles. The number of hydrogen-bond acceptors (Lipinski definition) is 1. The first-order valence-electron chi connectivity index (χ1n) is 4.66. The Hall–Kier alpha value is -0.890. The van der Waals surface area contributed by atoms with Crippen LogP contribution in [0.2, 0.25) is 0 Å². The van der Waals surface area contributed by atoms with E-state index in [4.69, 9.17) is 5.11 Å². The van der Waals surface area contributed by atoms with Gasteiger partial charge in [0.15, 0.2) is 0 Å². The molecule has 0 unspecified atom stereocenters. The van der Waals surface area contributed by atoms with E-state index in [0.29, 0.717) is 11.8 Å². The molecule has 0 aromatic heterocycles. The van der Waals surface area contributed by atoms with E-state index in [0.717, 1.165) is 18.4 Å². The van der Waals surface area contributed by atoms with E-state index in [1.54, 1.807) is 12.1 Å². The van der Waals surface area contributed by atoms with Crippen molar-refractivity contribution in [3.05, 3.63) is 35.6 Å². The van der Waals surface area contributed by atoms with Crippen molar-refractivity contribution >= 4 is 0 Å². The summed E-state index contributed by atoms with van der Waals surface area (Å²) in [6.45, 7) is 0.270. The summed E-state index contributed by atoms with van der Waals surface area (Å²) in [5.41, 5.74) is 1.07. The highest BCUT2D eigenvalue weighted by Gasteiger charge is 2.29. The first-order valence-corrected chi connectivity index (χ1v) is 4.66. The Morgan fingerprint density at radius 1 is 1.38 bits per heavy atom. The van der Waals surface area contributed by atoms with Crippen LogP contribution in [-0.2, 0) is 0 Å². The molecule has 1 aliphatic rings. The van der Waals surface area contributed by atoms with Crippen LogP contribution in [0.5, 0.6) is 0 Å². The summed E-state index contributed by atoms with van der Waals surface area (Å²) in [5.74, 6) is 0.742. The van der Waals surface area contributed by atoms with Gasteiger partial charge in [-0.05, 0) is 42.4 Å². The molecular formula is C11H13FO. The first-order chi connectivity index (χ1) is 6.29. The summed E-state index contributed by atoms with van der Waals surface area (Å²) in [6.07, 6.45) is 2.00. The topological polar surface area (TPSA) is 20.2 Å².